The number of halogens is 4. The Morgan fingerprint density at radius 3 is 2.39 bits per heavy atom. The van der Waals surface area contributed by atoms with Gasteiger partial charge in [0.15, 0.2) is 5.60 Å². The highest BCUT2D eigenvalue weighted by atomic mass is 35.5. The van der Waals surface area contributed by atoms with E-state index in [0.29, 0.717) is 41.7 Å². The Labute approximate surface area is 225 Å². The van der Waals surface area contributed by atoms with Gasteiger partial charge in [0.25, 0.3) is 0 Å². The smallest absolute Gasteiger partial charge is 0.416 e. The number of rotatable bonds is 11. The first kappa shape index (κ1) is 29.3. The fraction of sp³-hybridized carbons (Fsp3) is 0.357. The third kappa shape index (κ3) is 7.39. The van der Waals surface area contributed by atoms with Crippen LogP contribution in [-0.4, -0.2) is 39.4 Å². The molecule has 0 radical (unpaired) electrons. The van der Waals surface area contributed by atoms with Gasteiger partial charge >= 0.3 is 12.1 Å². The number of carbonyl (C=O) groups is 1. The predicted molar refractivity (Wildman–Crippen MR) is 141 cm³/mol. The molecule has 1 heterocycles. The summed E-state index contributed by atoms with van der Waals surface area (Å²) in [5, 5.41) is 4.85. The van der Waals surface area contributed by atoms with Gasteiger partial charge in [0.1, 0.15) is 5.75 Å². The zero-order chi connectivity index (χ0) is 28.1. The van der Waals surface area contributed by atoms with Crippen LogP contribution >= 0.6 is 11.6 Å². The van der Waals surface area contributed by atoms with Crippen molar-refractivity contribution in [1.82, 2.24) is 14.7 Å². The van der Waals surface area contributed by atoms with Crippen LogP contribution in [0.15, 0.2) is 61.2 Å². The Kier molecular flexibility index (Phi) is 9.27. The van der Waals surface area contributed by atoms with E-state index in [1.165, 1.54) is 12.1 Å². The second kappa shape index (κ2) is 12.0. The van der Waals surface area contributed by atoms with E-state index < -0.39 is 23.3 Å². The topological polar surface area (TPSA) is 56.6 Å². The van der Waals surface area contributed by atoms with Crippen LogP contribution in [0.1, 0.15) is 37.6 Å². The standard InChI is InChI=1S/C28H31ClF3N3O3/c1-6-14-35(17-19-8-13-25(23(29)15-19)38-27(3,4)26(36)37-7-2)18-22-16-24(33-34(22)5)20-9-11-21(12-10-20)28(30,31)32/h6,8-13,15-16H,1,7,14,17-18H2,2-5H3. The van der Waals surface area contributed by atoms with Gasteiger partial charge in [0, 0.05) is 32.2 Å². The highest BCUT2D eigenvalue weighted by molar-refractivity contribution is 6.32. The fourth-order valence-corrected chi connectivity index (χ4v) is 4.07. The zero-order valence-electron chi connectivity index (χ0n) is 21.8. The lowest BCUT2D eigenvalue weighted by atomic mass is 10.1. The van der Waals surface area contributed by atoms with E-state index in [4.69, 9.17) is 21.1 Å². The third-order valence-electron chi connectivity index (χ3n) is 5.79. The summed E-state index contributed by atoms with van der Waals surface area (Å²) in [4.78, 5) is 14.3. The van der Waals surface area contributed by atoms with E-state index >= 15 is 0 Å². The number of esters is 1. The van der Waals surface area contributed by atoms with Crippen molar-refractivity contribution in [2.24, 2.45) is 7.05 Å². The Morgan fingerprint density at radius 2 is 1.82 bits per heavy atom. The molecular formula is C28H31ClF3N3O3. The molecule has 0 N–H and O–H groups in total. The molecule has 0 saturated carbocycles. The molecule has 0 fully saturated rings. The van der Waals surface area contributed by atoms with Gasteiger partial charge in [-0.1, -0.05) is 35.9 Å². The van der Waals surface area contributed by atoms with Gasteiger partial charge in [-0.15, -0.1) is 6.58 Å². The molecule has 1 aromatic heterocycles. The molecule has 0 saturated heterocycles. The molecule has 10 heteroatoms. The summed E-state index contributed by atoms with van der Waals surface area (Å²) in [7, 11) is 1.79. The number of alkyl halides is 3. The molecule has 3 rings (SSSR count). The number of benzene rings is 2. The molecule has 0 amide bonds. The first-order valence-electron chi connectivity index (χ1n) is 12.0. The van der Waals surface area contributed by atoms with Crippen molar-refractivity contribution in [2.75, 3.05) is 13.2 Å². The summed E-state index contributed by atoms with van der Waals surface area (Å²) in [6.07, 6.45) is -2.60. The normalized spacial score (nSPS) is 12.0. The van der Waals surface area contributed by atoms with E-state index in [2.05, 4.69) is 16.6 Å². The molecule has 0 spiro atoms. The maximum atomic E-state index is 12.9. The first-order valence-corrected chi connectivity index (χ1v) is 12.4. The minimum atomic E-state index is -4.39. The van der Waals surface area contributed by atoms with Crippen molar-refractivity contribution >= 4 is 17.6 Å². The summed E-state index contributed by atoms with van der Waals surface area (Å²) >= 11 is 6.47. The number of carbonyl (C=O) groups excluding carboxylic acids is 1. The maximum absolute atomic E-state index is 12.9. The van der Waals surface area contributed by atoms with Crippen LogP contribution in [0.2, 0.25) is 5.02 Å². The van der Waals surface area contributed by atoms with Crippen LogP contribution < -0.4 is 4.74 Å². The number of aromatic nitrogens is 2. The molecule has 6 nitrogen and oxygen atoms in total. The minimum absolute atomic E-state index is 0.250. The first-order chi connectivity index (χ1) is 17.8. The molecule has 3 aromatic rings. The molecular weight excluding hydrogens is 519 g/mol. The van der Waals surface area contributed by atoms with Crippen molar-refractivity contribution < 1.29 is 27.4 Å². The molecule has 0 atom stereocenters. The van der Waals surface area contributed by atoms with Gasteiger partial charge in [-0.25, -0.2) is 4.79 Å². The van der Waals surface area contributed by atoms with Crippen LogP contribution in [0.5, 0.6) is 5.75 Å². The quantitative estimate of drug-likeness (QED) is 0.197. The van der Waals surface area contributed by atoms with Crippen molar-refractivity contribution in [2.45, 2.75) is 45.6 Å². The highest BCUT2D eigenvalue weighted by Crippen LogP contribution is 2.32. The van der Waals surface area contributed by atoms with Gasteiger partial charge < -0.3 is 9.47 Å². The van der Waals surface area contributed by atoms with E-state index in [1.54, 1.807) is 50.7 Å². The SMILES string of the molecule is C=CCN(Cc1ccc(OC(C)(C)C(=O)OCC)c(Cl)c1)Cc1cc(-c2ccc(C(F)(F)F)cc2)nn1C. The van der Waals surface area contributed by atoms with Crippen LogP contribution in [0.3, 0.4) is 0 Å². The van der Waals surface area contributed by atoms with Gasteiger partial charge in [0.2, 0.25) is 0 Å². The Balaban J connectivity index is 1.73. The molecule has 0 bridgehead atoms. The maximum Gasteiger partial charge on any atom is 0.416 e. The summed E-state index contributed by atoms with van der Waals surface area (Å²) in [6.45, 7) is 10.7. The third-order valence-corrected chi connectivity index (χ3v) is 6.09. The van der Waals surface area contributed by atoms with Gasteiger partial charge in [-0.05, 0) is 56.7 Å². The Morgan fingerprint density at radius 1 is 1.13 bits per heavy atom. The van der Waals surface area contributed by atoms with Crippen LogP contribution in [-0.2, 0) is 35.8 Å². The lowest BCUT2D eigenvalue weighted by Crippen LogP contribution is -2.39. The van der Waals surface area contributed by atoms with Crippen molar-refractivity contribution in [3.05, 3.63) is 83.0 Å². The monoisotopic (exact) mass is 549 g/mol. The largest absolute Gasteiger partial charge is 0.475 e. The number of ether oxygens (including phenoxy) is 2. The Bertz CT molecular complexity index is 1270. The molecule has 204 valence electrons. The molecule has 38 heavy (non-hydrogen) atoms. The second-order valence-electron chi connectivity index (χ2n) is 9.28. The Hall–Kier alpha value is -3.30. The van der Waals surface area contributed by atoms with Crippen molar-refractivity contribution in [3.8, 4) is 17.0 Å². The lowest BCUT2D eigenvalue weighted by molar-refractivity contribution is -0.158. The van der Waals surface area contributed by atoms with Gasteiger partial charge in [-0.3, -0.25) is 9.58 Å². The average Bonchev–Trinajstić information content (AvgIpc) is 3.20. The number of nitrogens with zero attached hydrogens (tertiary/aromatic N) is 3. The summed E-state index contributed by atoms with van der Waals surface area (Å²) in [5.41, 5.74) is 1.09. The molecule has 0 aliphatic carbocycles. The van der Waals surface area contributed by atoms with E-state index in [9.17, 15) is 18.0 Å². The summed E-state index contributed by atoms with van der Waals surface area (Å²) in [6, 6.07) is 12.2. The number of hydrogen-bond donors (Lipinski definition) is 0. The van der Waals surface area contributed by atoms with E-state index in [-0.39, 0.29) is 6.61 Å². The zero-order valence-corrected chi connectivity index (χ0v) is 22.6. The average molecular weight is 550 g/mol. The minimum Gasteiger partial charge on any atom is -0.475 e. The predicted octanol–water partition coefficient (Wildman–Crippen LogP) is 6.67. The summed E-state index contributed by atoms with van der Waals surface area (Å²) in [5.74, 6) is -0.110. The van der Waals surface area contributed by atoms with Crippen molar-refractivity contribution in [3.63, 3.8) is 0 Å². The molecule has 0 aliphatic rings. The van der Waals surface area contributed by atoms with Crippen molar-refractivity contribution in [1.29, 1.82) is 0 Å². The van der Waals surface area contributed by atoms with Crippen LogP contribution in [0.4, 0.5) is 13.2 Å². The molecule has 0 aliphatic heterocycles. The second-order valence-corrected chi connectivity index (χ2v) is 9.68. The van der Waals surface area contributed by atoms with E-state index in [0.717, 1.165) is 23.4 Å². The van der Waals surface area contributed by atoms with Gasteiger partial charge in [-0.2, -0.15) is 18.3 Å². The van der Waals surface area contributed by atoms with Gasteiger partial charge in [0.05, 0.1) is 28.6 Å². The summed E-state index contributed by atoms with van der Waals surface area (Å²) < 4.78 is 51.3. The number of hydrogen-bond acceptors (Lipinski definition) is 5. The van der Waals surface area contributed by atoms with Crippen LogP contribution in [0.25, 0.3) is 11.3 Å². The lowest BCUT2D eigenvalue weighted by Gasteiger charge is -2.25. The van der Waals surface area contributed by atoms with Crippen LogP contribution in [0, 0.1) is 0 Å². The molecule has 0 unspecified atom stereocenters. The highest BCUT2D eigenvalue weighted by Gasteiger charge is 2.32. The molecule has 2 aromatic carbocycles. The fourth-order valence-electron chi connectivity index (χ4n) is 3.83. The number of aryl methyl sites for hydroxylation is 1. The van der Waals surface area contributed by atoms with E-state index in [1.807, 2.05) is 12.1 Å².